The summed E-state index contributed by atoms with van der Waals surface area (Å²) in [7, 11) is 1.01. The Kier molecular flexibility index (Phi) is 8.24. The summed E-state index contributed by atoms with van der Waals surface area (Å²) in [6, 6.07) is -2.33. The molecule has 0 radical (unpaired) electrons. The first-order valence-electron chi connectivity index (χ1n) is 6.29. The summed E-state index contributed by atoms with van der Waals surface area (Å²) < 4.78 is 29.1. The van der Waals surface area contributed by atoms with E-state index in [1.807, 2.05) is 13.8 Å². The lowest BCUT2D eigenvalue weighted by Gasteiger charge is -2.24. The van der Waals surface area contributed by atoms with Crippen LogP contribution in [-0.2, 0) is 14.3 Å². The molecule has 0 fully saturated rings. The van der Waals surface area contributed by atoms with Crippen molar-refractivity contribution in [2.75, 3.05) is 7.11 Å². The largest absolute Gasteiger partial charge is 0.467 e. The summed E-state index contributed by atoms with van der Waals surface area (Å²) >= 11 is 0. The summed E-state index contributed by atoms with van der Waals surface area (Å²) in [5.74, 6) is -1.63. The lowest BCUT2D eigenvalue weighted by Crippen LogP contribution is -2.53. The predicted molar refractivity (Wildman–Crippen MR) is 68.0 cm³/mol. The van der Waals surface area contributed by atoms with Crippen molar-refractivity contribution in [1.82, 2.24) is 5.32 Å². The first-order valence-corrected chi connectivity index (χ1v) is 6.29. The molecule has 1 amide bonds. The summed E-state index contributed by atoms with van der Waals surface area (Å²) in [6.07, 6.45) is -5.15. The monoisotopic (exact) mass is 296 g/mol. The van der Waals surface area contributed by atoms with Crippen LogP contribution >= 0.6 is 0 Å². The van der Waals surface area contributed by atoms with Gasteiger partial charge in [-0.15, -0.1) is 0 Å². The molecule has 0 rings (SSSR count). The first kappa shape index (κ1) is 18.7. The quantitative estimate of drug-likeness (QED) is 0.549. The summed E-state index contributed by atoms with van der Waals surface area (Å²) in [5.41, 5.74) is 5.61. The third-order valence-corrected chi connectivity index (χ3v) is 2.65. The van der Waals surface area contributed by atoms with Gasteiger partial charge in [0.1, 0.15) is 0 Å². The van der Waals surface area contributed by atoms with Gasteiger partial charge in [-0.3, -0.25) is 4.79 Å². The minimum absolute atomic E-state index is 0.148. The predicted octanol–water partition coefficient (Wildman–Crippen LogP) is 0.0337. The van der Waals surface area contributed by atoms with Crippen LogP contribution in [0.2, 0.25) is 0 Å². The number of aliphatic hydroxyl groups is 1. The van der Waals surface area contributed by atoms with Crippen molar-refractivity contribution in [1.29, 1.82) is 0 Å². The van der Waals surface area contributed by atoms with E-state index in [9.17, 15) is 23.5 Å². The van der Waals surface area contributed by atoms with E-state index in [1.54, 1.807) is 0 Å². The number of nitrogens with two attached hydrogens (primary N) is 1. The van der Waals surface area contributed by atoms with Crippen LogP contribution in [0.15, 0.2) is 0 Å². The van der Waals surface area contributed by atoms with Gasteiger partial charge in [-0.25, -0.2) is 13.6 Å². The van der Waals surface area contributed by atoms with Gasteiger partial charge in [0.15, 0.2) is 6.10 Å². The van der Waals surface area contributed by atoms with Crippen LogP contribution in [-0.4, -0.2) is 48.7 Å². The van der Waals surface area contributed by atoms with Crippen molar-refractivity contribution >= 4 is 11.9 Å². The smallest absolute Gasteiger partial charge is 0.336 e. The van der Waals surface area contributed by atoms with Crippen LogP contribution in [0.4, 0.5) is 8.78 Å². The lowest BCUT2D eigenvalue weighted by atomic mass is 10.0. The van der Waals surface area contributed by atoms with E-state index >= 15 is 0 Å². The van der Waals surface area contributed by atoms with E-state index in [-0.39, 0.29) is 5.92 Å². The number of alkyl halides is 2. The van der Waals surface area contributed by atoms with Crippen molar-refractivity contribution < 1.29 is 28.2 Å². The highest BCUT2D eigenvalue weighted by Gasteiger charge is 2.32. The highest BCUT2D eigenvalue weighted by atomic mass is 19.3. The Morgan fingerprint density at radius 1 is 1.30 bits per heavy atom. The zero-order chi connectivity index (χ0) is 15.9. The number of methoxy groups -OCH3 is 1. The van der Waals surface area contributed by atoms with Gasteiger partial charge in [-0.2, -0.15) is 0 Å². The van der Waals surface area contributed by atoms with Crippen LogP contribution in [0.25, 0.3) is 0 Å². The Morgan fingerprint density at radius 2 is 1.85 bits per heavy atom. The normalized spacial score (nSPS) is 15.8. The summed E-state index contributed by atoms with van der Waals surface area (Å²) in [6.45, 7) is 3.71. The van der Waals surface area contributed by atoms with E-state index in [0.717, 1.165) is 7.11 Å². The fourth-order valence-electron chi connectivity index (χ4n) is 1.65. The van der Waals surface area contributed by atoms with Crippen LogP contribution < -0.4 is 11.1 Å². The molecule has 0 aromatic rings. The third kappa shape index (κ3) is 6.76. The Labute approximate surface area is 116 Å². The van der Waals surface area contributed by atoms with E-state index in [2.05, 4.69) is 10.1 Å². The molecule has 0 heterocycles. The van der Waals surface area contributed by atoms with Crippen molar-refractivity contribution in [3.05, 3.63) is 0 Å². The number of nitrogens with one attached hydrogen (secondary N) is 1. The number of hydrogen-bond donors (Lipinski definition) is 3. The zero-order valence-corrected chi connectivity index (χ0v) is 11.8. The van der Waals surface area contributed by atoms with Crippen molar-refractivity contribution in [2.45, 2.75) is 51.3 Å². The Hall–Kier alpha value is -1.28. The molecule has 0 aromatic carbocycles. The number of halogens is 2. The van der Waals surface area contributed by atoms with Gasteiger partial charge in [0.05, 0.1) is 19.2 Å². The summed E-state index contributed by atoms with van der Waals surface area (Å²) in [4.78, 5) is 22.9. The van der Waals surface area contributed by atoms with Crippen molar-refractivity contribution in [2.24, 2.45) is 11.7 Å². The number of esters is 1. The number of rotatable bonds is 8. The van der Waals surface area contributed by atoms with Gasteiger partial charge in [0, 0.05) is 6.42 Å². The Bertz CT molecular complexity index is 327. The molecule has 20 heavy (non-hydrogen) atoms. The average Bonchev–Trinajstić information content (AvgIpc) is 2.34. The standard InChI is InChI=1S/C12H22F2N2O4/c1-6(2)4-7(15)11(18)16-8(5-9(13)14)10(17)12(19)20-3/h6-10,17H,4-5,15H2,1-3H3,(H,16,18). The second-order valence-electron chi connectivity index (χ2n) is 4.95. The molecule has 3 unspecified atom stereocenters. The van der Waals surface area contributed by atoms with Crippen LogP contribution in [0.1, 0.15) is 26.7 Å². The number of hydrogen-bond acceptors (Lipinski definition) is 5. The van der Waals surface area contributed by atoms with Crippen molar-refractivity contribution in [3.8, 4) is 0 Å². The molecule has 3 atom stereocenters. The molecule has 0 bridgehead atoms. The number of carbonyl (C=O) groups excluding carboxylic acids is 2. The topological polar surface area (TPSA) is 102 Å². The number of ether oxygens (including phenoxy) is 1. The highest BCUT2D eigenvalue weighted by molar-refractivity contribution is 5.83. The SMILES string of the molecule is COC(=O)C(O)C(CC(F)F)NC(=O)C(N)CC(C)C. The van der Waals surface area contributed by atoms with E-state index < -0.39 is 42.9 Å². The van der Waals surface area contributed by atoms with E-state index in [0.29, 0.717) is 6.42 Å². The minimum atomic E-state index is -2.79. The van der Waals surface area contributed by atoms with E-state index in [4.69, 9.17) is 5.73 Å². The molecule has 0 aliphatic carbocycles. The Morgan fingerprint density at radius 3 is 2.25 bits per heavy atom. The molecule has 0 aromatic heterocycles. The number of amides is 1. The molecule has 4 N–H and O–H groups in total. The molecule has 0 saturated carbocycles. The van der Waals surface area contributed by atoms with Gasteiger partial charge < -0.3 is 20.9 Å². The van der Waals surface area contributed by atoms with Gasteiger partial charge in [0.2, 0.25) is 12.3 Å². The zero-order valence-electron chi connectivity index (χ0n) is 11.8. The first-order chi connectivity index (χ1) is 9.18. The Balaban J connectivity index is 4.72. The molecule has 0 saturated heterocycles. The van der Waals surface area contributed by atoms with E-state index in [1.165, 1.54) is 0 Å². The maximum Gasteiger partial charge on any atom is 0.336 e. The maximum absolute atomic E-state index is 12.4. The molecule has 6 nitrogen and oxygen atoms in total. The van der Waals surface area contributed by atoms with Crippen LogP contribution in [0.5, 0.6) is 0 Å². The fraction of sp³-hybridized carbons (Fsp3) is 0.833. The maximum atomic E-state index is 12.4. The molecular weight excluding hydrogens is 274 g/mol. The molecule has 0 aliphatic rings. The minimum Gasteiger partial charge on any atom is -0.467 e. The van der Waals surface area contributed by atoms with Gasteiger partial charge in [-0.1, -0.05) is 13.8 Å². The summed E-state index contributed by atoms with van der Waals surface area (Å²) in [5, 5.41) is 11.7. The van der Waals surface area contributed by atoms with Gasteiger partial charge in [0.25, 0.3) is 0 Å². The molecule has 118 valence electrons. The second-order valence-corrected chi connectivity index (χ2v) is 4.95. The number of carbonyl (C=O) groups is 2. The number of aliphatic hydroxyl groups excluding tert-OH is 1. The van der Waals surface area contributed by atoms with Gasteiger partial charge >= 0.3 is 5.97 Å². The lowest BCUT2D eigenvalue weighted by molar-refractivity contribution is -0.153. The van der Waals surface area contributed by atoms with Gasteiger partial charge in [-0.05, 0) is 12.3 Å². The third-order valence-electron chi connectivity index (χ3n) is 2.65. The second kappa shape index (κ2) is 8.80. The molecule has 0 spiro atoms. The molecule has 8 heteroatoms. The fourth-order valence-corrected chi connectivity index (χ4v) is 1.65. The van der Waals surface area contributed by atoms with Crippen LogP contribution in [0, 0.1) is 5.92 Å². The average molecular weight is 296 g/mol. The highest BCUT2D eigenvalue weighted by Crippen LogP contribution is 2.10. The molecular formula is C12H22F2N2O4. The van der Waals surface area contributed by atoms with Crippen LogP contribution in [0.3, 0.4) is 0 Å². The van der Waals surface area contributed by atoms with Crippen molar-refractivity contribution in [3.63, 3.8) is 0 Å². The molecule has 0 aliphatic heterocycles.